The number of methoxy groups -OCH3 is 2. The molecule has 0 aliphatic carbocycles. The first-order valence-electron chi connectivity index (χ1n) is 7.20. The molecule has 0 heterocycles. The Bertz CT molecular complexity index is 830. The van der Waals surface area contributed by atoms with Crippen LogP contribution < -0.4 is 9.47 Å². The largest absolute Gasteiger partial charge is 0.493 e. The monoisotopic (exact) mass is 348 g/mol. The Hall–Kier alpha value is -2.54. The van der Waals surface area contributed by atoms with Crippen molar-refractivity contribution < 1.29 is 17.9 Å². The van der Waals surface area contributed by atoms with E-state index in [9.17, 15) is 8.42 Å². The van der Waals surface area contributed by atoms with Crippen LogP contribution in [0.2, 0.25) is 0 Å². The lowest BCUT2D eigenvalue weighted by Crippen LogP contribution is -2.21. The predicted octanol–water partition coefficient (Wildman–Crippen LogP) is 2.67. The van der Waals surface area contributed by atoms with Crippen molar-refractivity contribution in [1.82, 2.24) is 4.41 Å². The number of hydrogen-bond donors (Lipinski definition) is 0. The van der Waals surface area contributed by atoms with E-state index in [0.29, 0.717) is 17.1 Å². The van der Waals surface area contributed by atoms with Crippen molar-refractivity contribution in [3.05, 3.63) is 53.6 Å². The second kappa shape index (κ2) is 7.35. The zero-order chi connectivity index (χ0) is 17.7. The Morgan fingerprint density at radius 3 is 2.21 bits per heavy atom. The summed E-state index contributed by atoms with van der Waals surface area (Å²) in [4.78, 5) is 0.195. The van der Waals surface area contributed by atoms with Crippen LogP contribution >= 0.6 is 0 Å². The van der Waals surface area contributed by atoms with E-state index in [4.69, 9.17) is 9.47 Å². The molecule has 0 fully saturated rings. The zero-order valence-electron chi connectivity index (χ0n) is 14.1. The second-order valence-electron chi connectivity index (χ2n) is 5.11. The molecular formula is C17H20N2O4S. The Balaban J connectivity index is 2.23. The van der Waals surface area contributed by atoms with Crippen LogP contribution in [-0.2, 0) is 10.0 Å². The number of sulfonamides is 1. The van der Waals surface area contributed by atoms with Gasteiger partial charge in [-0.1, -0.05) is 17.7 Å². The Morgan fingerprint density at radius 1 is 1.00 bits per heavy atom. The van der Waals surface area contributed by atoms with Crippen LogP contribution in [0.1, 0.15) is 11.1 Å². The number of rotatable bonds is 6. The molecule has 0 aliphatic heterocycles. The smallest absolute Gasteiger partial charge is 0.278 e. The molecule has 0 radical (unpaired) electrons. The lowest BCUT2D eigenvalue weighted by molar-refractivity contribution is 0.355. The third-order valence-corrected chi connectivity index (χ3v) is 5.10. The molecule has 0 amide bonds. The summed E-state index contributed by atoms with van der Waals surface area (Å²) >= 11 is 0. The quantitative estimate of drug-likeness (QED) is 0.594. The van der Waals surface area contributed by atoms with E-state index in [2.05, 4.69) is 5.10 Å². The Morgan fingerprint density at radius 2 is 1.62 bits per heavy atom. The van der Waals surface area contributed by atoms with Gasteiger partial charge in [-0.3, -0.25) is 0 Å². The molecule has 24 heavy (non-hydrogen) atoms. The SMILES string of the molecule is COc1ccc(C=NN(C)S(=O)(=O)c2ccc(C)cc2)cc1OC. The van der Waals surface area contributed by atoms with Crippen molar-refractivity contribution >= 4 is 16.2 Å². The molecular weight excluding hydrogens is 328 g/mol. The van der Waals surface area contributed by atoms with Crippen molar-refractivity contribution in [2.45, 2.75) is 11.8 Å². The number of nitrogens with zero attached hydrogens (tertiary/aromatic N) is 2. The minimum absolute atomic E-state index is 0.195. The highest BCUT2D eigenvalue weighted by molar-refractivity contribution is 7.89. The second-order valence-corrected chi connectivity index (χ2v) is 7.06. The van der Waals surface area contributed by atoms with E-state index in [-0.39, 0.29) is 4.90 Å². The molecule has 2 aromatic carbocycles. The van der Waals surface area contributed by atoms with Crippen LogP contribution in [0.15, 0.2) is 52.5 Å². The Kier molecular flexibility index (Phi) is 5.46. The summed E-state index contributed by atoms with van der Waals surface area (Å²) in [5, 5.41) is 4.02. The summed E-state index contributed by atoms with van der Waals surface area (Å²) < 4.78 is 36.2. The minimum atomic E-state index is -3.67. The third-order valence-electron chi connectivity index (χ3n) is 3.44. The molecule has 6 nitrogen and oxygen atoms in total. The van der Waals surface area contributed by atoms with Crippen molar-refractivity contribution in [3.63, 3.8) is 0 Å². The number of ether oxygens (including phenoxy) is 2. The molecule has 128 valence electrons. The predicted molar refractivity (Wildman–Crippen MR) is 93.3 cm³/mol. The van der Waals surface area contributed by atoms with Gasteiger partial charge in [0.05, 0.1) is 25.3 Å². The normalized spacial score (nSPS) is 11.5. The highest BCUT2D eigenvalue weighted by Crippen LogP contribution is 2.27. The maximum absolute atomic E-state index is 12.5. The van der Waals surface area contributed by atoms with Gasteiger partial charge in [0.2, 0.25) is 0 Å². The number of hydrazone groups is 1. The van der Waals surface area contributed by atoms with Gasteiger partial charge in [0, 0.05) is 7.05 Å². The first-order chi connectivity index (χ1) is 11.4. The fourth-order valence-electron chi connectivity index (χ4n) is 2.01. The van der Waals surface area contributed by atoms with Crippen LogP contribution in [-0.4, -0.2) is 40.3 Å². The van der Waals surface area contributed by atoms with Gasteiger partial charge in [0.25, 0.3) is 10.0 Å². The van der Waals surface area contributed by atoms with E-state index >= 15 is 0 Å². The van der Waals surface area contributed by atoms with Gasteiger partial charge >= 0.3 is 0 Å². The van der Waals surface area contributed by atoms with Crippen molar-refractivity contribution in [1.29, 1.82) is 0 Å². The lowest BCUT2D eigenvalue weighted by atomic mass is 10.2. The van der Waals surface area contributed by atoms with E-state index < -0.39 is 10.0 Å². The minimum Gasteiger partial charge on any atom is -0.493 e. The Labute approximate surface area is 142 Å². The zero-order valence-corrected chi connectivity index (χ0v) is 14.9. The molecule has 0 N–H and O–H groups in total. The van der Waals surface area contributed by atoms with E-state index in [1.165, 1.54) is 20.4 Å². The fraction of sp³-hybridized carbons (Fsp3) is 0.235. The van der Waals surface area contributed by atoms with E-state index in [1.807, 2.05) is 6.92 Å². The summed E-state index contributed by atoms with van der Waals surface area (Å²) in [6.07, 6.45) is 1.45. The van der Waals surface area contributed by atoms with Crippen molar-refractivity contribution in [3.8, 4) is 11.5 Å². The summed E-state index contributed by atoms with van der Waals surface area (Å²) in [6.45, 7) is 1.90. The van der Waals surface area contributed by atoms with Crippen LogP contribution in [0.5, 0.6) is 11.5 Å². The van der Waals surface area contributed by atoms with Gasteiger partial charge < -0.3 is 9.47 Å². The van der Waals surface area contributed by atoms with Crippen LogP contribution in [0.3, 0.4) is 0 Å². The summed E-state index contributed by atoms with van der Waals surface area (Å²) in [5.41, 5.74) is 1.68. The van der Waals surface area contributed by atoms with Crippen LogP contribution in [0, 0.1) is 6.92 Å². The van der Waals surface area contributed by atoms with Crippen molar-refractivity contribution in [2.24, 2.45) is 5.10 Å². The summed E-state index contributed by atoms with van der Waals surface area (Å²) in [5.74, 6) is 1.14. The highest BCUT2D eigenvalue weighted by Gasteiger charge is 2.18. The first-order valence-corrected chi connectivity index (χ1v) is 8.64. The van der Waals surface area contributed by atoms with Crippen molar-refractivity contribution in [2.75, 3.05) is 21.3 Å². The topological polar surface area (TPSA) is 68.2 Å². The van der Waals surface area contributed by atoms with Gasteiger partial charge in [-0.25, -0.2) is 0 Å². The fourth-order valence-corrected chi connectivity index (χ4v) is 2.96. The van der Waals surface area contributed by atoms with Crippen LogP contribution in [0.4, 0.5) is 0 Å². The molecule has 0 saturated heterocycles. The van der Waals surface area contributed by atoms with Gasteiger partial charge in [-0.15, -0.1) is 0 Å². The van der Waals surface area contributed by atoms with E-state index in [0.717, 1.165) is 9.98 Å². The molecule has 0 bridgehead atoms. The van der Waals surface area contributed by atoms with Gasteiger partial charge in [0.1, 0.15) is 0 Å². The number of aryl methyl sites for hydroxylation is 1. The first kappa shape index (κ1) is 17.8. The number of benzene rings is 2. The molecule has 7 heteroatoms. The molecule has 0 atom stereocenters. The van der Waals surface area contributed by atoms with Gasteiger partial charge in [0.15, 0.2) is 11.5 Å². The highest BCUT2D eigenvalue weighted by atomic mass is 32.2. The molecule has 2 rings (SSSR count). The summed E-state index contributed by atoms with van der Waals surface area (Å²) in [6, 6.07) is 11.8. The van der Waals surface area contributed by atoms with E-state index in [1.54, 1.807) is 49.6 Å². The molecule has 0 aliphatic rings. The van der Waals surface area contributed by atoms with Gasteiger partial charge in [-0.05, 0) is 42.8 Å². The van der Waals surface area contributed by atoms with Gasteiger partial charge in [-0.2, -0.15) is 17.9 Å². The lowest BCUT2D eigenvalue weighted by Gasteiger charge is -2.14. The molecule has 0 unspecified atom stereocenters. The number of hydrogen-bond acceptors (Lipinski definition) is 5. The third kappa shape index (κ3) is 3.86. The molecule has 2 aromatic rings. The van der Waals surface area contributed by atoms with Crippen LogP contribution in [0.25, 0.3) is 0 Å². The molecule has 0 aromatic heterocycles. The average Bonchev–Trinajstić information content (AvgIpc) is 2.59. The molecule has 0 spiro atoms. The maximum Gasteiger partial charge on any atom is 0.278 e. The summed E-state index contributed by atoms with van der Waals surface area (Å²) in [7, 11) is 0.804. The average molecular weight is 348 g/mol. The maximum atomic E-state index is 12.5. The molecule has 0 saturated carbocycles. The standard InChI is InChI=1S/C17H20N2O4S/c1-13-5-8-15(9-6-13)24(20,21)19(2)18-12-14-7-10-16(22-3)17(11-14)23-4/h5-12H,1-4H3.